The van der Waals surface area contributed by atoms with Crippen molar-refractivity contribution in [1.29, 1.82) is 0 Å². The molecule has 2 bridgehead atoms. The van der Waals surface area contributed by atoms with Gasteiger partial charge in [0.1, 0.15) is 5.82 Å². The summed E-state index contributed by atoms with van der Waals surface area (Å²) in [4.78, 5) is 29.7. The van der Waals surface area contributed by atoms with E-state index in [2.05, 4.69) is 11.0 Å². The van der Waals surface area contributed by atoms with Crippen molar-refractivity contribution in [2.75, 3.05) is 11.4 Å². The van der Waals surface area contributed by atoms with Crippen LogP contribution in [0.25, 0.3) is 0 Å². The quantitative estimate of drug-likeness (QED) is 0.696. The van der Waals surface area contributed by atoms with E-state index in [1.165, 1.54) is 23.3 Å². The second-order valence-electron chi connectivity index (χ2n) is 9.18. The van der Waals surface area contributed by atoms with E-state index < -0.39 is 0 Å². The summed E-state index contributed by atoms with van der Waals surface area (Å²) in [6.07, 6.45) is 6.39. The maximum atomic E-state index is 13.3. The van der Waals surface area contributed by atoms with Crippen LogP contribution in [-0.4, -0.2) is 35.3 Å². The van der Waals surface area contributed by atoms with Crippen LogP contribution in [0.4, 0.5) is 10.1 Å². The molecule has 0 aromatic heterocycles. The number of piperidine rings is 1. The first-order chi connectivity index (χ1) is 15.1. The number of anilines is 1. The largest absolute Gasteiger partial charge is 0.337 e. The second-order valence-corrected chi connectivity index (χ2v) is 9.18. The van der Waals surface area contributed by atoms with Crippen LogP contribution < -0.4 is 4.90 Å². The Kier molecular flexibility index (Phi) is 5.51. The van der Waals surface area contributed by atoms with E-state index in [0.29, 0.717) is 25.2 Å². The van der Waals surface area contributed by atoms with Gasteiger partial charge in [-0.25, -0.2) is 4.39 Å². The average molecular weight is 421 g/mol. The first-order valence-corrected chi connectivity index (χ1v) is 11.5. The van der Waals surface area contributed by atoms with Gasteiger partial charge < -0.3 is 9.80 Å². The maximum Gasteiger partial charge on any atom is 0.227 e. The smallest absolute Gasteiger partial charge is 0.227 e. The highest BCUT2D eigenvalue weighted by Crippen LogP contribution is 2.43. The zero-order valence-corrected chi connectivity index (χ0v) is 17.8. The molecule has 5 heteroatoms. The molecule has 2 fully saturated rings. The number of halogens is 1. The van der Waals surface area contributed by atoms with E-state index in [-0.39, 0.29) is 29.7 Å². The lowest BCUT2D eigenvalue weighted by Gasteiger charge is -2.39. The summed E-state index contributed by atoms with van der Waals surface area (Å²) in [6.45, 7) is 0.743. The third-order valence-corrected chi connectivity index (χ3v) is 7.33. The molecule has 5 rings (SSSR count). The minimum atomic E-state index is -0.202. The van der Waals surface area contributed by atoms with Crippen molar-refractivity contribution in [3.63, 3.8) is 0 Å². The van der Waals surface area contributed by atoms with Crippen LogP contribution in [-0.2, 0) is 16.0 Å². The fraction of sp³-hybridized carbons (Fsp3) is 0.462. The van der Waals surface area contributed by atoms with Crippen molar-refractivity contribution in [2.45, 2.75) is 69.4 Å². The molecule has 2 amide bonds. The molecule has 2 atom stereocenters. The summed E-state index contributed by atoms with van der Waals surface area (Å²) in [5.41, 5.74) is 3.44. The molecule has 2 aromatic carbocycles. The van der Waals surface area contributed by atoms with E-state index in [4.69, 9.17) is 0 Å². The van der Waals surface area contributed by atoms with Gasteiger partial charge in [0.2, 0.25) is 11.8 Å². The first kappa shape index (κ1) is 20.2. The van der Waals surface area contributed by atoms with E-state index in [1.54, 1.807) is 0 Å². The van der Waals surface area contributed by atoms with Crippen LogP contribution >= 0.6 is 0 Å². The molecule has 0 radical (unpaired) electrons. The number of carbonyl (C=O) groups excluding carboxylic acids is 2. The van der Waals surface area contributed by atoms with E-state index >= 15 is 0 Å². The fourth-order valence-electron chi connectivity index (χ4n) is 5.84. The van der Waals surface area contributed by atoms with Crippen molar-refractivity contribution < 1.29 is 14.0 Å². The Morgan fingerprint density at radius 3 is 2.32 bits per heavy atom. The van der Waals surface area contributed by atoms with Gasteiger partial charge in [-0.1, -0.05) is 30.3 Å². The topological polar surface area (TPSA) is 40.6 Å². The predicted octanol–water partition coefficient (Wildman–Crippen LogP) is 4.82. The van der Waals surface area contributed by atoms with Crippen LogP contribution in [0, 0.1) is 5.82 Å². The lowest BCUT2D eigenvalue weighted by Crippen LogP contribution is -2.46. The molecule has 0 aliphatic carbocycles. The fourth-order valence-corrected chi connectivity index (χ4v) is 5.84. The van der Waals surface area contributed by atoms with Gasteiger partial charge in [-0.05, 0) is 73.8 Å². The number of hydrogen-bond acceptors (Lipinski definition) is 2. The Balaban J connectivity index is 1.14. The van der Waals surface area contributed by atoms with Crippen LogP contribution in [0.3, 0.4) is 0 Å². The monoisotopic (exact) mass is 420 g/mol. The molecule has 2 saturated heterocycles. The molecule has 0 spiro atoms. The molecule has 0 unspecified atom stereocenters. The van der Waals surface area contributed by atoms with Crippen molar-refractivity contribution in [2.24, 2.45) is 0 Å². The molecule has 3 aliphatic heterocycles. The molecule has 2 aromatic rings. The SMILES string of the molecule is O=C(CCCC(=O)N1[C@@H]2CC[C@@H]1CC(c1ccc(F)cc1)C2)N1CCc2ccccc21. The van der Waals surface area contributed by atoms with Crippen molar-refractivity contribution >= 4 is 17.5 Å². The highest BCUT2D eigenvalue weighted by molar-refractivity contribution is 5.95. The van der Waals surface area contributed by atoms with E-state index in [0.717, 1.165) is 44.3 Å². The number of fused-ring (bicyclic) bond motifs is 3. The lowest BCUT2D eigenvalue weighted by atomic mass is 9.85. The number of para-hydroxylation sites is 1. The predicted molar refractivity (Wildman–Crippen MR) is 118 cm³/mol. The van der Waals surface area contributed by atoms with Crippen LogP contribution in [0.2, 0.25) is 0 Å². The van der Waals surface area contributed by atoms with Gasteiger partial charge in [0.25, 0.3) is 0 Å². The number of rotatable bonds is 5. The van der Waals surface area contributed by atoms with Gasteiger partial charge in [-0.15, -0.1) is 0 Å². The minimum Gasteiger partial charge on any atom is -0.337 e. The number of amides is 2. The molecule has 162 valence electrons. The van der Waals surface area contributed by atoms with Crippen LogP contribution in [0.5, 0.6) is 0 Å². The molecule has 4 nitrogen and oxygen atoms in total. The van der Waals surface area contributed by atoms with Gasteiger partial charge in [0.05, 0.1) is 0 Å². The molecule has 0 saturated carbocycles. The van der Waals surface area contributed by atoms with Gasteiger partial charge in [-0.3, -0.25) is 9.59 Å². The Labute approximate surface area is 183 Å². The number of hydrogen-bond donors (Lipinski definition) is 0. The van der Waals surface area contributed by atoms with E-state index in [9.17, 15) is 14.0 Å². The van der Waals surface area contributed by atoms with Crippen molar-refractivity contribution in [1.82, 2.24) is 4.90 Å². The van der Waals surface area contributed by atoms with Crippen molar-refractivity contribution in [3.8, 4) is 0 Å². The van der Waals surface area contributed by atoms with Gasteiger partial charge in [0, 0.05) is 37.2 Å². The summed E-state index contributed by atoms with van der Waals surface area (Å²) in [5, 5.41) is 0. The lowest BCUT2D eigenvalue weighted by molar-refractivity contribution is -0.136. The molecule has 31 heavy (non-hydrogen) atoms. The standard InChI is InChI=1S/C26H29FN2O2/c27-21-10-8-18(9-11-21)20-16-22-12-13-23(17-20)29(22)26(31)7-3-6-25(30)28-15-14-19-4-1-2-5-24(19)28/h1-2,4-5,8-11,20,22-23H,3,6-7,12-17H2/t22-,23-/m1/s1. The molecular formula is C26H29FN2O2. The molecule has 3 aliphatic rings. The summed E-state index contributed by atoms with van der Waals surface area (Å²) in [6, 6.07) is 15.5. The highest BCUT2D eigenvalue weighted by Gasteiger charge is 2.43. The van der Waals surface area contributed by atoms with Gasteiger partial charge >= 0.3 is 0 Å². The molecular weight excluding hydrogens is 391 g/mol. The zero-order valence-electron chi connectivity index (χ0n) is 17.8. The summed E-state index contributed by atoms with van der Waals surface area (Å²) >= 11 is 0. The highest BCUT2D eigenvalue weighted by atomic mass is 19.1. The zero-order chi connectivity index (χ0) is 21.4. The second kappa shape index (κ2) is 8.45. The summed E-state index contributed by atoms with van der Waals surface area (Å²) in [5.74, 6) is 0.515. The van der Waals surface area contributed by atoms with Crippen molar-refractivity contribution in [3.05, 3.63) is 65.5 Å². The first-order valence-electron chi connectivity index (χ1n) is 11.5. The van der Waals surface area contributed by atoms with Crippen LogP contribution in [0.15, 0.2) is 48.5 Å². The average Bonchev–Trinajstić information content (AvgIpc) is 3.32. The molecule has 3 heterocycles. The van der Waals surface area contributed by atoms with Crippen LogP contribution in [0.1, 0.15) is 62.0 Å². The Hall–Kier alpha value is -2.69. The normalized spacial score (nSPS) is 24.4. The van der Waals surface area contributed by atoms with E-state index in [1.807, 2.05) is 35.2 Å². The summed E-state index contributed by atoms with van der Waals surface area (Å²) < 4.78 is 13.3. The third kappa shape index (κ3) is 3.98. The molecule has 0 N–H and O–H groups in total. The minimum absolute atomic E-state index is 0.121. The summed E-state index contributed by atoms with van der Waals surface area (Å²) in [7, 11) is 0. The van der Waals surface area contributed by atoms with Gasteiger partial charge in [0.15, 0.2) is 0 Å². The number of benzene rings is 2. The third-order valence-electron chi connectivity index (χ3n) is 7.33. The number of nitrogens with zero attached hydrogens (tertiary/aromatic N) is 2. The Bertz CT molecular complexity index is 960. The Morgan fingerprint density at radius 2 is 1.58 bits per heavy atom. The van der Waals surface area contributed by atoms with Gasteiger partial charge in [-0.2, -0.15) is 0 Å². The maximum absolute atomic E-state index is 13.3. The Morgan fingerprint density at radius 1 is 0.903 bits per heavy atom. The number of carbonyl (C=O) groups is 2.